The Morgan fingerprint density at radius 1 is 1.56 bits per heavy atom. The minimum atomic E-state index is -0.376. The van der Waals surface area contributed by atoms with Gasteiger partial charge in [0, 0.05) is 19.9 Å². The summed E-state index contributed by atoms with van der Waals surface area (Å²) < 4.78 is 7.00. The van der Waals surface area contributed by atoms with Crippen LogP contribution in [0.3, 0.4) is 0 Å². The highest BCUT2D eigenvalue weighted by Gasteiger charge is 2.23. The van der Waals surface area contributed by atoms with Gasteiger partial charge >= 0.3 is 0 Å². The Hall–Kier alpha value is -1.16. The molecule has 0 saturated heterocycles. The summed E-state index contributed by atoms with van der Waals surface area (Å²) >= 11 is 0. The molecule has 0 aliphatic heterocycles. The summed E-state index contributed by atoms with van der Waals surface area (Å²) in [4.78, 5) is 12.1. The van der Waals surface area contributed by atoms with Crippen molar-refractivity contribution in [2.75, 3.05) is 7.11 Å². The van der Waals surface area contributed by atoms with Crippen molar-refractivity contribution in [1.82, 2.24) is 9.78 Å². The third-order valence-electron chi connectivity index (χ3n) is 2.49. The third kappa shape index (κ3) is 2.92. The van der Waals surface area contributed by atoms with Gasteiger partial charge in [-0.2, -0.15) is 5.10 Å². The van der Waals surface area contributed by atoms with E-state index in [-0.39, 0.29) is 17.8 Å². The topological polar surface area (TPSA) is 44.1 Å². The molecule has 0 aliphatic rings. The molecule has 0 bridgehead atoms. The monoisotopic (exact) mass is 224 g/mol. The van der Waals surface area contributed by atoms with Crippen LogP contribution in [0.25, 0.3) is 0 Å². The van der Waals surface area contributed by atoms with Crippen LogP contribution < -0.4 is 0 Å². The number of rotatable bonds is 6. The molecule has 1 aromatic heterocycles. The van der Waals surface area contributed by atoms with E-state index in [4.69, 9.17) is 4.74 Å². The highest BCUT2D eigenvalue weighted by molar-refractivity contribution is 5.99. The van der Waals surface area contributed by atoms with Gasteiger partial charge in [-0.1, -0.05) is 20.8 Å². The van der Waals surface area contributed by atoms with Gasteiger partial charge in [-0.3, -0.25) is 9.48 Å². The predicted octanol–water partition coefficient (Wildman–Crippen LogP) is 2.15. The molecule has 4 nitrogen and oxygen atoms in total. The Kier molecular flexibility index (Phi) is 4.68. The lowest BCUT2D eigenvalue weighted by Gasteiger charge is -2.16. The summed E-state index contributed by atoms with van der Waals surface area (Å²) in [6, 6.07) is 0. The highest BCUT2D eigenvalue weighted by atomic mass is 16.5. The Morgan fingerprint density at radius 2 is 2.25 bits per heavy atom. The maximum absolute atomic E-state index is 12.1. The predicted molar refractivity (Wildman–Crippen MR) is 62.5 cm³/mol. The number of ether oxygens (including phenoxy) is 1. The second-order valence-electron chi connectivity index (χ2n) is 4.26. The lowest BCUT2D eigenvalue weighted by atomic mass is 10.00. The van der Waals surface area contributed by atoms with Crippen molar-refractivity contribution in [2.24, 2.45) is 5.92 Å². The van der Waals surface area contributed by atoms with E-state index in [9.17, 15) is 4.79 Å². The van der Waals surface area contributed by atoms with Crippen molar-refractivity contribution in [3.05, 3.63) is 18.0 Å². The third-order valence-corrected chi connectivity index (χ3v) is 2.49. The van der Waals surface area contributed by atoms with E-state index in [0.717, 1.165) is 13.0 Å². The zero-order valence-electron chi connectivity index (χ0n) is 10.4. The molecule has 0 saturated carbocycles. The van der Waals surface area contributed by atoms with Gasteiger partial charge in [-0.15, -0.1) is 0 Å². The van der Waals surface area contributed by atoms with Crippen LogP contribution >= 0.6 is 0 Å². The van der Waals surface area contributed by atoms with E-state index in [2.05, 4.69) is 12.0 Å². The van der Waals surface area contributed by atoms with Crippen LogP contribution in [-0.4, -0.2) is 28.8 Å². The first-order chi connectivity index (χ1) is 7.60. The summed E-state index contributed by atoms with van der Waals surface area (Å²) in [6.45, 7) is 6.87. The highest BCUT2D eigenvalue weighted by Crippen LogP contribution is 2.13. The Labute approximate surface area is 96.6 Å². The van der Waals surface area contributed by atoms with E-state index < -0.39 is 0 Å². The molecular formula is C12H20N2O2. The van der Waals surface area contributed by atoms with Gasteiger partial charge in [-0.05, 0) is 12.3 Å². The Bertz CT molecular complexity index is 345. The first kappa shape index (κ1) is 12.9. The SMILES string of the molecule is CCCn1cc(C(=O)C(OC)C(C)C)cn1. The van der Waals surface area contributed by atoms with Crippen LogP contribution in [0.5, 0.6) is 0 Å². The number of hydrogen-bond acceptors (Lipinski definition) is 3. The fraction of sp³-hybridized carbons (Fsp3) is 0.667. The lowest BCUT2D eigenvalue weighted by molar-refractivity contribution is 0.0458. The number of methoxy groups -OCH3 is 1. The molecule has 0 aliphatic carbocycles. The van der Waals surface area contributed by atoms with Crippen molar-refractivity contribution in [3.8, 4) is 0 Å². The molecule has 0 fully saturated rings. The van der Waals surface area contributed by atoms with Crippen molar-refractivity contribution in [3.63, 3.8) is 0 Å². The average Bonchev–Trinajstić information content (AvgIpc) is 2.67. The fourth-order valence-electron chi connectivity index (χ4n) is 1.69. The van der Waals surface area contributed by atoms with E-state index in [1.54, 1.807) is 24.2 Å². The van der Waals surface area contributed by atoms with Crippen molar-refractivity contribution >= 4 is 5.78 Å². The zero-order chi connectivity index (χ0) is 12.1. The first-order valence-electron chi connectivity index (χ1n) is 5.69. The average molecular weight is 224 g/mol. The molecular weight excluding hydrogens is 204 g/mol. The van der Waals surface area contributed by atoms with Gasteiger partial charge in [0.2, 0.25) is 0 Å². The van der Waals surface area contributed by atoms with E-state index in [0.29, 0.717) is 5.56 Å². The normalized spacial score (nSPS) is 13.1. The summed E-state index contributed by atoms with van der Waals surface area (Å²) in [5, 5.41) is 4.14. The molecule has 1 rings (SSSR count). The smallest absolute Gasteiger partial charge is 0.194 e. The molecule has 16 heavy (non-hydrogen) atoms. The molecule has 1 heterocycles. The van der Waals surface area contributed by atoms with Gasteiger partial charge in [0.1, 0.15) is 6.10 Å². The Morgan fingerprint density at radius 3 is 2.75 bits per heavy atom. The second kappa shape index (κ2) is 5.80. The molecule has 0 aromatic carbocycles. The van der Waals surface area contributed by atoms with Crippen molar-refractivity contribution < 1.29 is 9.53 Å². The van der Waals surface area contributed by atoms with E-state index in [1.807, 2.05) is 13.8 Å². The number of hydrogen-bond donors (Lipinski definition) is 0. The number of aromatic nitrogens is 2. The van der Waals surface area contributed by atoms with Gasteiger partial charge < -0.3 is 4.74 Å². The molecule has 0 radical (unpaired) electrons. The van der Waals surface area contributed by atoms with Crippen molar-refractivity contribution in [2.45, 2.75) is 39.8 Å². The summed E-state index contributed by atoms with van der Waals surface area (Å²) in [7, 11) is 1.57. The number of carbonyl (C=O) groups excluding carboxylic acids is 1. The lowest BCUT2D eigenvalue weighted by Crippen LogP contribution is -2.28. The minimum absolute atomic E-state index is 0.0138. The summed E-state index contributed by atoms with van der Waals surface area (Å²) in [5.41, 5.74) is 0.633. The standard InChI is InChI=1S/C12H20N2O2/c1-5-6-14-8-10(7-13-14)11(15)12(16-4)9(2)3/h7-9,12H,5-6H2,1-4H3. The molecule has 90 valence electrons. The zero-order valence-corrected chi connectivity index (χ0v) is 10.4. The molecule has 0 amide bonds. The molecule has 4 heteroatoms. The summed E-state index contributed by atoms with van der Waals surface area (Å²) in [6.07, 6.45) is 4.04. The van der Waals surface area contributed by atoms with Gasteiger partial charge in [-0.25, -0.2) is 0 Å². The largest absolute Gasteiger partial charge is 0.373 e. The molecule has 1 unspecified atom stereocenters. The van der Waals surface area contributed by atoms with Gasteiger partial charge in [0.05, 0.1) is 11.8 Å². The number of aryl methyl sites for hydroxylation is 1. The molecule has 0 spiro atoms. The second-order valence-corrected chi connectivity index (χ2v) is 4.26. The van der Waals surface area contributed by atoms with E-state index in [1.165, 1.54) is 0 Å². The number of carbonyl (C=O) groups is 1. The number of nitrogens with zero attached hydrogens (tertiary/aromatic N) is 2. The molecule has 1 aromatic rings. The van der Waals surface area contributed by atoms with Crippen LogP contribution in [0.15, 0.2) is 12.4 Å². The summed E-state index contributed by atoms with van der Waals surface area (Å²) in [5.74, 6) is 0.187. The first-order valence-corrected chi connectivity index (χ1v) is 5.69. The van der Waals surface area contributed by atoms with Gasteiger partial charge in [0.25, 0.3) is 0 Å². The van der Waals surface area contributed by atoms with Crippen LogP contribution in [0.4, 0.5) is 0 Å². The Balaban J connectivity index is 2.78. The number of Topliss-reactive ketones (excluding diaryl/α,β-unsaturated/α-hetero) is 1. The fourth-order valence-corrected chi connectivity index (χ4v) is 1.69. The minimum Gasteiger partial charge on any atom is -0.373 e. The maximum atomic E-state index is 12.1. The van der Waals surface area contributed by atoms with Crippen LogP contribution in [0.1, 0.15) is 37.6 Å². The van der Waals surface area contributed by atoms with Crippen LogP contribution in [-0.2, 0) is 11.3 Å². The van der Waals surface area contributed by atoms with Gasteiger partial charge in [0.15, 0.2) is 5.78 Å². The van der Waals surface area contributed by atoms with Crippen LogP contribution in [0.2, 0.25) is 0 Å². The molecule has 0 N–H and O–H groups in total. The van der Waals surface area contributed by atoms with Crippen molar-refractivity contribution in [1.29, 1.82) is 0 Å². The maximum Gasteiger partial charge on any atom is 0.194 e. The molecule has 1 atom stereocenters. The number of ketones is 1. The van der Waals surface area contributed by atoms with E-state index >= 15 is 0 Å². The van der Waals surface area contributed by atoms with Crippen LogP contribution in [0, 0.1) is 5.92 Å². The quantitative estimate of drug-likeness (QED) is 0.695.